The van der Waals surface area contributed by atoms with Crippen LogP contribution in [0.3, 0.4) is 0 Å². The molecule has 1 aromatic carbocycles. The molecular formula is C19H24N4O6S2. The Morgan fingerprint density at radius 1 is 1.19 bits per heavy atom. The molecule has 3 N–H and O–H groups in total. The number of nitrogens with one attached hydrogen (secondary N) is 3. The first kappa shape index (κ1) is 24.6. The lowest BCUT2D eigenvalue weighted by molar-refractivity contribution is -0.139. The summed E-state index contributed by atoms with van der Waals surface area (Å²) in [5.74, 6) is -0.907. The monoisotopic (exact) mass is 468 g/mol. The van der Waals surface area contributed by atoms with Crippen LogP contribution >= 0.6 is 11.8 Å². The number of benzene rings is 1. The molecule has 0 saturated heterocycles. The maximum Gasteiger partial charge on any atom is 0.311 e. The van der Waals surface area contributed by atoms with Crippen molar-refractivity contribution >= 4 is 39.3 Å². The molecule has 0 saturated carbocycles. The molecule has 0 spiro atoms. The molecule has 2 aromatic rings. The minimum atomic E-state index is -3.62. The fraction of sp³-hybridized carbons (Fsp3) is 0.368. The lowest BCUT2D eigenvalue weighted by Gasteiger charge is -2.13. The van der Waals surface area contributed by atoms with Gasteiger partial charge >= 0.3 is 5.97 Å². The molecule has 0 bridgehead atoms. The zero-order valence-corrected chi connectivity index (χ0v) is 19.1. The molecule has 2 rings (SSSR count). The van der Waals surface area contributed by atoms with Crippen molar-refractivity contribution in [1.82, 2.24) is 14.7 Å². The van der Waals surface area contributed by atoms with Crippen molar-refractivity contribution < 1.29 is 22.7 Å². The second-order valence-corrected chi connectivity index (χ2v) is 9.89. The number of aromatic amines is 1. The van der Waals surface area contributed by atoms with E-state index in [0.717, 1.165) is 11.8 Å². The highest BCUT2D eigenvalue weighted by Crippen LogP contribution is 2.21. The second kappa shape index (κ2) is 10.6. The predicted molar refractivity (Wildman–Crippen MR) is 116 cm³/mol. The summed E-state index contributed by atoms with van der Waals surface area (Å²) < 4.78 is 31.4. The molecule has 31 heavy (non-hydrogen) atoms. The first-order chi connectivity index (χ1) is 14.5. The highest BCUT2D eigenvalue weighted by atomic mass is 32.2. The molecule has 1 unspecified atom stereocenters. The van der Waals surface area contributed by atoms with Crippen molar-refractivity contribution in [3.8, 4) is 0 Å². The van der Waals surface area contributed by atoms with Gasteiger partial charge in [0.2, 0.25) is 15.9 Å². The number of ether oxygens (including phenoxy) is 1. The normalized spacial score (nSPS) is 12.4. The summed E-state index contributed by atoms with van der Waals surface area (Å²) in [7, 11) is -2.39. The first-order valence-electron chi connectivity index (χ1n) is 9.27. The number of amides is 1. The van der Waals surface area contributed by atoms with Gasteiger partial charge in [-0.15, -0.1) is 0 Å². The average Bonchev–Trinajstić information content (AvgIpc) is 2.66. The standard InChI is InChI=1S/C19H24N4O6S2/c1-11(2)23-31(27,28)15-7-5-13(6-8-15)20-18(26)12(3)30-19-21-14(9-16(24)22-19)10-17(25)29-4/h5-9,11-12,23H,10H2,1-4H3,(H,20,26)(H,21,22,24). The zero-order valence-electron chi connectivity index (χ0n) is 17.5. The lowest BCUT2D eigenvalue weighted by Crippen LogP contribution is -2.30. The minimum Gasteiger partial charge on any atom is -0.469 e. The van der Waals surface area contributed by atoms with E-state index in [1.54, 1.807) is 20.8 Å². The Labute approximate surface area is 184 Å². The van der Waals surface area contributed by atoms with Crippen LogP contribution in [0.4, 0.5) is 5.69 Å². The molecule has 0 aliphatic rings. The number of carbonyl (C=O) groups excluding carboxylic acids is 2. The van der Waals surface area contributed by atoms with Gasteiger partial charge in [0.25, 0.3) is 5.56 Å². The van der Waals surface area contributed by atoms with Crippen molar-refractivity contribution in [2.45, 2.75) is 48.5 Å². The fourth-order valence-electron chi connectivity index (χ4n) is 2.41. The zero-order chi connectivity index (χ0) is 23.2. The van der Waals surface area contributed by atoms with Gasteiger partial charge < -0.3 is 15.0 Å². The van der Waals surface area contributed by atoms with E-state index in [0.29, 0.717) is 5.69 Å². The highest BCUT2D eigenvalue weighted by Gasteiger charge is 2.19. The van der Waals surface area contributed by atoms with Crippen LogP contribution in [0.1, 0.15) is 26.5 Å². The van der Waals surface area contributed by atoms with Gasteiger partial charge in [0.05, 0.1) is 29.4 Å². The Morgan fingerprint density at radius 3 is 2.42 bits per heavy atom. The van der Waals surface area contributed by atoms with Gasteiger partial charge in [0, 0.05) is 17.8 Å². The molecule has 168 valence electrons. The maximum absolute atomic E-state index is 12.5. The van der Waals surface area contributed by atoms with Crippen LogP contribution in [-0.4, -0.2) is 48.7 Å². The van der Waals surface area contributed by atoms with Crippen molar-refractivity contribution in [2.75, 3.05) is 12.4 Å². The highest BCUT2D eigenvalue weighted by molar-refractivity contribution is 8.00. The van der Waals surface area contributed by atoms with E-state index in [9.17, 15) is 22.8 Å². The smallest absolute Gasteiger partial charge is 0.311 e. The van der Waals surface area contributed by atoms with Gasteiger partial charge in [0.15, 0.2) is 5.16 Å². The Hall–Kier alpha value is -2.70. The summed E-state index contributed by atoms with van der Waals surface area (Å²) in [4.78, 5) is 42.4. The summed E-state index contributed by atoms with van der Waals surface area (Å²) in [6, 6.07) is 6.72. The number of sulfonamides is 1. The second-order valence-electron chi connectivity index (χ2n) is 6.84. The van der Waals surface area contributed by atoms with E-state index in [-0.39, 0.29) is 34.1 Å². The Kier molecular flexibility index (Phi) is 8.36. The first-order valence-corrected chi connectivity index (χ1v) is 11.6. The van der Waals surface area contributed by atoms with E-state index in [4.69, 9.17) is 0 Å². The van der Waals surface area contributed by atoms with Crippen LogP contribution < -0.4 is 15.6 Å². The number of rotatable bonds is 9. The number of esters is 1. The van der Waals surface area contributed by atoms with Crippen LogP contribution in [0.15, 0.2) is 45.2 Å². The van der Waals surface area contributed by atoms with Crippen molar-refractivity contribution in [3.05, 3.63) is 46.4 Å². The van der Waals surface area contributed by atoms with Gasteiger partial charge in [-0.3, -0.25) is 14.4 Å². The molecule has 10 nitrogen and oxygen atoms in total. The molecule has 1 atom stereocenters. The van der Waals surface area contributed by atoms with E-state index in [2.05, 4.69) is 24.7 Å². The number of thioether (sulfide) groups is 1. The van der Waals surface area contributed by atoms with Crippen molar-refractivity contribution in [2.24, 2.45) is 0 Å². The maximum atomic E-state index is 12.5. The molecule has 0 fully saturated rings. The third kappa shape index (κ3) is 7.49. The van der Waals surface area contributed by atoms with E-state index >= 15 is 0 Å². The number of carbonyl (C=O) groups is 2. The number of nitrogens with zero attached hydrogens (tertiary/aromatic N) is 1. The number of hydrogen-bond acceptors (Lipinski definition) is 8. The topological polar surface area (TPSA) is 147 Å². The van der Waals surface area contributed by atoms with Crippen molar-refractivity contribution in [1.29, 1.82) is 0 Å². The largest absolute Gasteiger partial charge is 0.469 e. The molecule has 1 heterocycles. The molecule has 0 aliphatic heterocycles. The van der Waals surface area contributed by atoms with E-state index in [1.807, 2.05) is 0 Å². The number of methoxy groups -OCH3 is 1. The number of anilines is 1. The number of hydrogen-bond donors (Lipinski definition) is 3. The van der Waals surface area contributed by atoms with Gasteiger partial charge in [0.1, 0.15) is 0 Å². The molecule has 12 heteroatoms. The molecule has 0 aliphatic carbocycles. The third-order valence-corrected chi connectivity index (χ3v) is 6.47. The van der Waals surface area contributed by atoms with Gasteiger partial charge in [-0.1, -0.05) is 11.8 Å². The average molecular weight is 469 g/mol. The number of aromatic nitrogens is 2. The van der Waals surface area contributed by atoms with Crippen LogP contribution in [0.25, 0.3) is 0 Å². The Bertz CT molecular complexity index is 1100. The Morgan fingerprint density at radius 2 is 1.84 bits per heavy atom. The Balaban J connectivity index is 2.05. The van der Waals surface area contributed by atoms with Gasteiger partial charge in [-0.2, -0.15) is 0 Å². The van der Waals surface area contributed by atoms with Gasteiger partial charge in [-0.25, -0.2) is 18.1 Å². The molecular weight excluding hydrogens is 444 g/mol. The van der Waals surface area contributed by atoms with E-state index < -0.39 is 26.8 Å². The van der Waals surface area contributed by atoms with Crippen LogP contribution in [0.2, 0.25) is 0 Å². The molecule has 0 radical (unpaired) electrons. The molecule has 1 aromatic heterocycles. The summed E-state index contributed by atoms with van der Waals surface area (Å²) in [5, 5.41) is 2.24. The SMILES string of the molecule is COC(=O)Cc1cc(=O)[nH]c(SC(C)C(=O)Nc2ccc(S(=O)(=O)NC(C)C)cc2)n1. The fourth-order valence-corrected chi connectivity index (χ4v) is 4.49. The predicted octanol–water partition coefficient (Wildman–Crippen LogP) is 1.29. The molecule has 1 amide bonds. The van der Waals surface area contributed by atoms with Crippen LogP contribution in [0, 0.1) is 0 Å². The summed E-state index contributed by atoms with van der Waals surface area (Å²) in [6.07, 6.45) is -0.157. The third-order valence-electron chi connectivity index (χ3n) is 3.81. The van der Waals surface area contributed by atoms with Gasteiger partial charge in [-0.05, 0) is 45.0 Å². The van der Waals surface area contributed by atoms with Crippen molar-refractivity contribution in [3.63, 3.8) is 0 Å². The minimum absolute atomic E-state index is 0.0887. The summed E-state index contributed by atoms with van der Waals surface area (Å²) in [5.41, 5.74) is 0.204. The number of H-pyrrole nitrogens is 1. The van der Waals surface area contributed by atoms with Crippen LogP contribution in [-0.2, 0) is 30.8 Å². The lowest BCUT2D eigenvalue weighted by atomic mass is 10.3. The van der Waals surface area contributed by atoms with E-state index in [1.165, 1.54) is 37.4 Å². The quantitative estimate of drug-likeness (QED) is 0.283. The van der Waals surface area contributed by atoms with Crippen LogP contribution in [0.5, 0.6) is 0 Å². The summed E-state index contributed by atoms with van der Waals surface area (Å²) >= 11 is 1.01. The summed E-state index contributed by atoms with van der Waals surface area (Å²) in [6.45, 7) is 5.06.